The van der Waals surface area contributed by atoms with Crippen LogP contribution < -0.4 is 0 Å². The second kappa shape index (κ2) is 47.8. The average Bonchev–Trinajstić information content (AvgIpc) is 3.18. The molecule has 0 radical (unpaired) electrons. The highest BCUT2D eigenvalue weighted by atomic mass is 16.5. The van der Waals surface area contributed by atoms with Crippen molar-refractivity contribution in [2.75, 3.05) is 6.61 Å². The Bertz CT molecular complexity index is 794. The largest absolute Gasteiger partial charge is 0.466 e. The second-order valence-electron chi connectivity index (χ2n) is 17.0. The van der Waals surface area contributed by atoms with Gasteiger partial charge < -0.3 is 4.74 Å². The molecule has 54 heavy (non-hydrogen) atoms. The number of allylic oxidation sites excluding steroid dienone is 6. The van der Waals surface area contributed by atoms with Gasteiger partial charge in [0.2, 0.25) is 0 Å². The summed E-state index contributed by atoms with van der Waals surface area (Å²) in [5.41, 5.74) is 0. The molecule has 0 rings (SSSR count). The van der Waals surface area contributed by atoms with E-state index >= 15 is 0 Å². The SMILES string of the molecule is CC/C=C\C/C=C\C/C=C\CCCCCCCC(=O)OCCCCCCCCCCCCCCCCCCCCCCCCCCCCCCC(C)CC. The fraction of sp³-hybridized carbons (Fsp3) is 0.865. The zero-order valence-electron chi connectivity index (χ0n) is 37.3. The van der Waals surface area contributed by atoms with E-state index < -0.39 is 0 Å². The molecule has 0 aliphatic carbocycles. The summed E-state index contributed by atoms with van der Waals surface area (Å²) in [5, 5.41) is 0. The molecule has 2 heteroatoms. The van der Waals surface area contributed by atoms with Crippen molar-refractivity contribution >= 4 is 5.97 Å². The highest BCUT2D eigenvalue weighted by molar-refractivity contribution is 5.69. The van der Waals surface area contributed by atoms with Crippen LogP contribution in [0, 0.1) is 5.92 Å². The molecule has 0 aromatic rings. The molecule has 0 saturated heterocycles. The lowest BCUT2D eigenvalue weighted by atomic mass is 9.99. The third kappa shape index (κ3) is 46.8. The zero-order valence-corrected chi connectivity index (χ0v) is 37.3. The van der Waals surface area contributed by atoms with Crippen LogP contribution in [-0.2, 0) is 9.53 Å². The van der Waals surface area contributed by atoms with Gasteiger partial charge in [0.05, 0.1) is 6.61 Å². The molecule has 0 aliphatic rings. The molecule has 1 atom stereocenters. The lowest BCUT2D eigenvalue weighted by molar-refractivity contribution is -0.143. The van der Waals surface area contributed by atoms with Crippen molar-refractivity contribution in [2.45, 2.75) is 278 Å². The molecule has 0 bridgehead atoms. The molecule has 0 amide bonds. The second-order valence-corrected chi connectivity index (χ2v) is 17.0. The van der Waals surface area contributed by atoms with E-state index in [-0.39, 0.29) is 5.97 Å². The normalized spacial score (nSPS) is 12.6. The van der Waals surface area contributed by atoms with Gasteiger partial charge in [0.25, 0.3) is 0 Å². The van der Waals surface area contributed by atoms with Gasteiger partial charge in [-0.15, -0.1) is 0 Å². The minimum atomic E-state index is 0.0107. The van der Waals surface area contributed by atoms with Gasteiger partial charge in [0, 0.05) is 6.42 Å². The number of hydrogen-bond donors (Lipinski definition) is 0. The summed E-state index contributed by atoms with van der Waals surface area (Å²) in [4.78, 5) is 12.0. The lowest BCUT2D eigenvalue weighted by Crippen LogP contribution is -2.05. The fourth-order valence-electron chi connectivity index (χ4n) is 7.54. The molecular formula is C52H98O2. The van der Waals surface area contributed by atoms with Gasteiger partial charge in [-0.3, -0.25) is 4.79 Å². The van der Waals surface area contributed by atoms with Crippen LogP contribution in [0.5, 0.6) is 0 Å². The minimum Gasteiger partial charge on any atom is -0.466 e. The molecule has 0 saturated carbocycles. The predicted molar refractivity (Wildman–Crippen MR) is 244 cm³/mol. The van der Waals surface area contributed by atoms with Crippen LogP contribution in [-0.4, -0.2) is 12.6 Å². The van der Waals surface area contributed by atoms with Gasteiger partial charge in [-0.1, -0.05) is 263 Å². The molecule has 0 heterocycles. The van der Waals surface area contributed by atoms with Crippen molar-refractivity contribution in [3.05, 3.63) is 36.5 Å². The Hall–Kier alpha value is -1.31. The summed E-state index contributed by atoms with van der Waals surface area (Å²) in [6, 6.07) is 0. The summed E-state index contributed by atoms with van der Waals surface area (Å²) in [6.07, 6.45) is 67.1. The van der Waals surface area contributed by atoms with E-state index in [9.17, 15) is 4.79 Å². The van der Waals surface area contributed by atoms with Gasteiger partial charge >= 0.3 is 5.97 Å². The van der Waals surface area contributed by atoms with E-state index in [0.717, 1.165) is 44.4 Å². The molecular weight excluding hydrogens is 657 g/mol. The molecule has 0 aliphatic heterocycles. The van der Waals surface area contributed by atoms with E-state index in [1.807, 2.05) is 0 Å². The van der Waals surface area contributed by atoms with Gasteiger partial charge in [0.15, 0.2) is 0 Å². The van der Waals surface area contributed by atoms with Crippen LogP contribution in [0.4, 0.5) is 0 Å². The third-order valence-corrected chi connectivity index (χ3v) is 11.6. The maximum absolute atomic E-state index is 12.0. The number of ether oxygens (including phenoxy) is 1. The maximum Gasteiger partial charge on any atom is 0.305 e. The first-order valence-electron chi connectivity index (χ1n) is 24.8. The standard InChI is InChI=1S/C52H98O2/c1-4-6-7-8-9-10-11-12-27-31-34-37-40-43-46-49-52(53)54-50-47-44-41-38-35-32-29-26-24-22-20-18-16-14-13-15-17-19-21-23-25-28-30-33-36-39-42-45-48-51(3)5-2/h6-7,9-10,12,27,51H,4-5,8,11,13-26,28-50H2,1-3H3/b7-6-,10-9-,27-12-. The van der Waals surface area contributed by atoms with E-state index in [1.54, 1.807) is 0 Å². The van der Waals surface area contributed by atoms with Crippen molar-refractivity contribution < 1.29 is 9.53 Å². The molecule has 0 N–H and O–H groups in total. The maximum atomic E-state index is 12.0. The summed E-state index contributed by atoms with van der Waals surface area (Å²) in [7, 11) is 0. The van der Waals surface area contributed by atoms with Crippen LogP contribution in [0.25, 0.3) is 0 Å². The van der Waals surface area contributed by atoms with Crippen molar-refractivity contribution in [1.29, 1.82) is 0 Å². The fourth-order valence-corrected chi connectivity index (χ4v) is 7.54. The van der Waals surface area contributed by atoms with Crippen molar-refractivity contribution in [3.63, 3.8) is 0 Å². The third-order valence-electron chi connectivity index (χ3n) is 11.6. The van der Waals surface area contributed by atoms with Gasteiger partial charge in [-0.2, -0.15) is 0 Å². The van der Waals surface area contributed by atoms with Crippen LogP contribution in [0.3, 0.4) is 0 Å². The molecule has 0 spiro atoms. The van der Waals surface area contributed by atoms with Crippen LogP contribution in [0.2, 0.25) is 0 Å². The number of esters is 1. The van der Waals surface area contributed by atoms with Gasteiger partial charge in [-0.25, -0.2) is 0 Å². The number of carbonyl (C=O) groups excluding carboxylic acids is 1. The summed E-state index contributed by atoms with van der Waals surface area (Å²) < 4.78 is 5.47. The van der Waals surface area contributed by atoms with Crippen molar-refractivity contribution in [2.24, 2.45) is 5.92 Å². The number of unbranched alkanes of at least 4 members (excludes halogenated alkanes) is 32. The predicted octanol–water partition coefficient (Wildman–Crippen LogP) is 18.5. The highest BCUT2D eigenvalue weighted by Crippen LogP contribution is 2.18. The van der Waals surface area contributed by atoms with Crippen LogP contribution in [0.1, 0.15) is 278 Å². The van der Waals surface area contributed by atoms with E-state index in [1.165, 1.54) is 212 Å². The first kappa shape index (κ1) is 52.7. The van der Waals surface area contributed by atoms with Gasteiger partial charge in [0.1, 0.15) is 0 Å². The first-order chi connectivity index (χ1) is 26.7. The van der Waals surface area contributed by atoms with Crippen LogP contribution >= 0.6 is 0 Å². The molecule has 2 nitrogen and oxygen atoms in total. The Morgan fingerprint density at radius 2 is 0.741 bits per heavy atom. The molecule has 0 aromatic heterocycles. The van der Waals surface area contributed by atoms with E-state index in [2.05, 4.69) is 57.2 Å². The Labute approximate surface area is 341 Å². The quantitative estimate of drug-likeness (QED) is 0.0352. The van der Waals surface area contributed by atoms with E-state index in [0.29, 0.717) is 13.0 Å². The van der Waals surface area contributed by atoms with Crippen molar-refractivity contribution in [1.82, 2.24) is 0 Å². The molecule has 1 unspecified atom stereocenters. The Morgan fingerprint density at radius 3 is 1.15 bits per heavy atom. The molecule has 318 valence electrons. The summed E-state index contributed by atoms with van der Waals surface area (Å²) in [6.45, 7) is 7.52. The summed E-state index contributed by atoms with van der Waals surface area (Å²) in [5.74, 6) is 0.949. The number of hydrogen-bond acceptors (Lipinski definition) is 2. The minimum absolute atomic E-state index is 0.0107. The number of rotatable bonds is 45. The Morgan fingerprint density at radius 1 is 0.407 bits per heavy atom. The monoisotopic (exact) mass is 755 g/mol. The lowest BCUT2D eigenvalue weighted by Gasteiger charge is -2.07. The van der Waals surface area contributed by atoms with Crippen LogP contribution in [0.15, 0.2) is 36.5 Å². The smallest absolute Gasteiger partial charge is 0.305 e. The highest BCUT2D eigenvalue weighted by Gasteiger charge is 2.03. The zero-order chi connectivity index (χ0) is 39.1. The topological polar surface area (TPSA) is 26.3 Å². The van der Waals surface area contributed by atoms with Gasteiger partial charge in [-0.05, 0) is 50.9 Å². The first-order valence-corrected chi connectivity index (χ1v) is 24.8. The molecule has 0 aromatic carbocycles. The molecule has 0 fully saturated rings. The Balaban J connectivity index is 3.18. The average molecular weight is 755 g/mol. The van der Waals surface area contributed by atoms with E-state index in [4.69, 9.17) is 4.74 Å². The van der Waals surface area contributed by atoms with Crippen molar-refractivity contribution in [3.8, 4) is 0 Å². The summed E-state index contributed by atoms with van der Waals surface area (Å²) >= 11 is 0. The Kier molecular flexibility index (Phi) is 46.7. The number of carbonyl (C=O) groups is 1.